The molecule has 2 aromatic rings. The molecule has 1 aromatic heterocycles. The van der Waals surface area contributed by atoms with Gasteiger partial charge in [-0.15, -0.1) is 10.2 Å². The van der Waals surface area contributed by atoms with E-state index in [0.29, 0.717) is 12.2 Å². The van der Waals surface area contributed by atoms with Crippen LogP contribution in [0.5, 0.6) is 5.75 Å². The quantitative estimate of drug-likeness (QED) is 0.877. The largest absolute Gasteiger partial charge is 0.480 e. The Balaban J connectivity index is 1.69. The van der Waals surface area contributed by atoms with Crippen LogP contribution in [0.3, 0.4) is 0 Å². The normalized spacial score (nSPS) is 17.4. The van der Waals surface area contributed by atoms with Gasteiger partial charge in [0.25, 0.3) is 5.91 Å². The first-order chi connectivity index (χ1) is 11.1. The maximum absolute atomic E-state index is 12.5. The molecule has 2 atom stereocenters. The summed E-state index contributed by atoms with van der Waals surface area (Å²) >= 11 is 0. The summed E-state index contributed by atoms with van der Waals surface area (Å²) in [5, 5.41) is 16.9. The predicted molar refractivity (Wildman–Crippen MR) is 84.0 cm³/mol. The van der Waals surface area contributed by atoms with E-state index >= 15 is 0 Å². The molecule has 23 heavy (non-hydrogen) atoms. The molecular formula is C16H21N5O2. The Bertz CT molecular complexity index is 668. The zero-order valence-corrected chi connectivity index (χ0v) is 13.6. The monoisotopic (exact) mass is 315 g/mol. The van der Waals surface area contributed by atoms with Crippen LogP contribution in [-0.2, 0) is 11.2 Å². The topological polar surface area (TPSA) is 92.8 Å². The Hall–Kier alpha value is -2.44. The van der Waals surface area contributed by atoms with Gasteiger partial charge >= 0.3 is 0 Å². The van der Waals surface area contributed by atoms with E-state index < -0.39 is 6.10 Å². The molecule has 7 nitrogen and oxygen atoms in total. The van der Waals surface area contributed by atoms with Gasteiger partial charge in [0.15, 0.2) is 11.9 Å². The fourth-order valence-electron chi connectivity index (χ4n) is 2.80. The average molecular weight is 315 g/mol. The highest BCUT2D eigenvalue weighted by Gasteiger charge is 2.31. The highest BCUT2D eigenvalue weighted by molar-refractivity contribution is 5.83. The van der Waals surface area contributed by atoms with Crippen LogP contribution in [0.4, 0.5) is 0 Å². The minimum absolute atomic E-state index is 0.139. The number of aryl methyl sites for hydroxylation is 2. The van der Waals surface area contributed by atoms with E-state index in [1.807, 2.05) is 19.9 Å². The van der Waals surface area contributed by atoms with Crippen molar-refractivity contribution < 1.29 is 9.53 Å². The van der Waals surface area contributed by atoms with Crippen LogP contribution >= 0.6 is 0 Å². The molecule has 2 unspecified atom stereocenters. The molecule has 2 heterocycles. The number of H-pyrrole nitrogens is 1. The lowest BCUT2D eigenvalue weighted by Gasteiger charge is -2.17. The van der Waals surface area contributed by atoms with Crippen molar-refractivity contribution >= 4 is 5.91 Å². The van der Waals surface area contributed by atoms with Gasteiger partial charge in [0.05, 0.1) is 6.04 Å². The first-order valence-electron chi connectivity index (χ1n) is 7.89. The minimum atomic E-state index is -0.502. The maximum atomic E-state index is 12.5. The van der Waals surface area contributed by atoms with Crippen molar-refractivity contribution in [2.45, 2.75) is 52.2 Å². The van der Waals surface area contributed by atoms with E-state index in [0.717, 1.165) is 24.2 Å². The van der Waals surface area contributed by atoms with Gasteiger partial charge in [-0.25, -0.2) is 0 Å². The third-order valence-electron chi connectivity index (χ3n) is 4.21. The second-order valence-electron chi connectivity index (χ2n) is 5.97. The lowest BCUT2D eigenvalue weighted by Crippen LogP contribution is -2.40. The third-order valence-corrected chi connectivity index (χ3v) is 4.21. The number of tetrazole rings is 1. The molecule has 1 aliphatic rings. The van der Waals surface area contributed by atoms with Crippen molar-refractivity contribution in [3.63, 3.8) is 0 Å². The molecule has 0 aliphatic carbocycles. The number of nitrogens with one attached hydrogen (secondary N) is 2. The summed E-state index contributed by atoms with van der Waals surface area (Å²) in [7, 11) is 0. The van der Waals surface area contributed by atoms with E-state index in [-0.39, 0.29) is 11.9 Å². The molecule has 7 heteroatoms. The summed E-state index contributed by atoms with van der Waals surface area (Å²) in [5.41, 5.74) is 3.46. The number of benzene rings is 1. The summed E-state index contributed by atoms with van der Waals surface area (Å²) in [6.07, 6.45) is 1.75. The molecule has 1 aromatic carbocycles. The first-order valence-corrected chi connectivity index (χ1v) is 7.89. The number of aromatic nitrogens is 4. The van der Waals surface area contributed by atoms with E-state index in [2.05, 4.69) is 38.9 Å². The lowest BCUT2D eigenvalue weighted by molar-refractivity contribution is -0.128. The Morgan fingerprint density at radius 2 is 2.22 bits per heavy atom. The van der Waals surface area contributed by atoms with Crippen LogP contribution in [-0.4, -0.2) is 32.6 Å². The van der Waals surface area contributed by atoms with Gasteiger partial charge in [-0.2, -0.15) is 5.21 Å². The number of fused-ring (bicyclic) bond motifs is 1. The zero-order chi connectivity index (χ0) is 16.4. The average Bonchev–Trinajstić information content (AvgIpc) is 3.16. The predicted octanol–water partition coefficient (Wildman–Crippen LogP) is 1.78. The van der Waals surface area contributed by atoms with Crippen LogP contribution in [0.2, 0.25) is 0 Å². The molecular weight excluding hydrogens is 294 g/mol. The van der Waals surface area contributed by atoms with Crippen LogP contribution in [0.25, 0.3) is 0 Å². The molecule has 0 spiro atoms. The highest BCUT2D eigenvalue weighted by Crippen LogP contribution is 2.31. The smallest absolute Gasteiger partial charge is 0.262 e. The maximum Gasteiger partial charge on any atom is 0.262 e. The van der Waals surface area contributed by atoms with Gasteiger partial charge < -0.3 is 10.1 Å². The lowest BCUT2D eigenvalue weighted by atomic mass is 10.0. The number of carbonyl (C=O) groups excluding carboxylic acids is 1. The molecule has 1 amide bonds. The number of hydrogen-bond donors (Lipinski definition) is 2. The van der Waals surface area contributed by atoms with Gasteiger partial charge in [-0.1, -0.05) is 24.6 Å². The van der Waals surface area contributed by atoms with Gasteiger partial charge in [0.2, 0.25) is 0 Å². The molecule has 122 valence electrons. The van der Waals surface area contributed by atoms with Crippen molar-refractivity contribution in [1.82, 2.24) is 25.9 Å². The summed E-state index contributed by atoms with van der Waals surface area (Å²) in [6, 6.07) is 3.85. The van der Waals surface area contributed by atoms with Crippen molar-refractivity contribution in [2.75, 3.05) is 0 Å². The van der Waals surface area contributed by atoms with E-state index in [1.165, 1.54) is 11.1 Å². The number of rotatable bonds is 5. The molecule has 0 bridgehead atoms. The number of aromatic amines is 1. The van der Waals surface area contributed by atoms with Gasteiger partial charge in [0, 0.05) is 6.42 Å². The van der Waals surface area contributed by atoms with Crippen LogP contribution in [0.15, 0.2) is 12.1 Å². The SMILES string of the molecule is CCCC(NC(=O)C1Cc2cc(C)c(C)cc2O1)c1nn[nH]n1. The standard InChI is InChI=1S/C16H21N5O2/c1-4-5-12(15-18-20-21-19-15)17-16(22)14-8-11-6-9(2)10(3)7-13(11)23-14/h6-7,12,14H,4-5,8H2,1-3H3,(H,17,22)(H,18,19,20,21). The van der Waals surface area contributed by atoms with Crippen molar-refractivity contribution in [3.05, 3.63) is 34.6 Å². The van der Waals surface area contributed by atoms with E-state index in [4.69, 9.17) is 4.74 Å². The molecule has 0 fully saturated rings. The highest BCUT2D eigenvalue weighted by atomic mass is 16.5. The zero-order valence-electron chi connectivity index (χ0n) is 13.6. The second-order valence-corrected chi connectivity index (χ2v) is 5.97. The van der Waals surface area contributed by atoms with Gasteiger partial charge in [-0.05, 0) is 43.0 Å². The molecule has 0 radical (unpaired) electrons. The van der Waals surface area contributed by atoms with Crippen LogP contribution in [0, 0.1) is 13.8 Å². The third kappa shape index (κ3) is 3.18. The van der Waals surface area contributed by atoms with E-state index in [9.17, 15) is 4.79 Å². The number of nitrogens with zero attached hydrogens (tertiary/aromatic N) is 3. The molecule has 0 saturated carbocycles. The molecule has 2 N–H and O–H groups in total. The minimum Gasteiger partial charge on any atom is -0.480 e. The summed E-state index contributed by atoms with van der Waals surface area (Å²) in [5.74, 6) is 1.17. The first kappa shape index (κ1) is 15.5. The fraction of sp³-hybridized carbons (Fsp3) is 0.500. The van der Waals surface area contributed by atoms with E-state index in [1.54, 1.807) is 0 Å². The summed E-state index contributed by atoms with van der Waals surface area (Å²) in [4.78, 5) is 12.5. The van der Waals surface area contributed by atoms with Crippen LogP contribution in [0.1, 0.15) is 48.3 Å². The summed E-state index contributed by atoms with van der Waals surface area (Å²) in [6.45, 7) is 6.16. The fourth-order valence-corrected chi connectivity index (χ4v) is 2.80. The second kappa shape index (κ2) is 6.36. The van der Waals surface area contributed by atoms with Gasteiger partial charge in [0.1, 0.15) is 5.75 Å². The Labute approximate surface area is 134 Å². The molecule has 3 rings (SSSR count). The number of carbonyl (C=O) groups is 1. The Kier molecular flexibility index (Phi) is 4.27. The Morgan fingerprint density at radius 1 is 1.43 bits per heavy atom. The number of hydrogen-bond acceptors (Lipinski definition) is 5. The molecule has 0 saturated heterocycles. The van der Waals surface area contributed by atoms with Crippen LogP contribution < -0.4 is 10.1 Å². The van der Waals surface area contributed by atoms with Crippen molar-refractivity contribution in [1.29, 1.82) is 0 Å². The van der Waals surface area contributed by atoms with Crippen molar-refractivity contribution in [3.8, 4) is 5.75 Å². The summed E-state index contributed by atoms with van der Waals surface area (Å²) < 4.78 is 5.82. The Morgan fingerprint density at radius 3 is 2.91 bits per heavy atom. The molecule has 1 aliphatic heterocycles. The van der Waals surface area contributed by atoms with Crippen molar-refractivity contribution in [2.24, 2.45) is 0 Å². The van der Waals surface area contributed by atoms with Gasteiger partial charge in [-0.3, -0.25) is 4.79 Å². The number of amides is 1. The number of ether oxygens (including phenoxy) is 1.